The van der Waals surface area contributed by atoms with Crippen LogP contribution in [0.5, 0.6) is 0 Å². The molecule has 63 heavy (non-hydrogen) atoms. The monoisotopic (exact) mass is 925 g/mol. The van der Waals surface area contributed by atoms with E-state index in [9.17, 15) is 19.2 Å². The summed E-state index contributed by atoms with van der Waals surface area (Å²) in [4.78, 5) is 47.4. The first-order chi connectivity index (χ1) is 29.9. The Morgan fingerprint density at radius 3 is 1.57 bits per heavy atom. The van der Waals surface area contributed by atoms with Crippen molar-refractivity contribution in [3.8, 4) is 0 Å². The van der Waals surface area contributed by atoms with Crippen LogP contribution in [0.2, 0.25) is 0 Å². The van der Waals surface area contributed by atoms with Gasteiger partial charge in [-0.05, 0) is 125 Å². The minimum absolute atomic E-state index is 0.187. The number of carbonyl (C=O) groups excluding carboxylic acids is 4. The Labute approximate surface area is 386 Å². The minimum atomic E-state index is -0.807. The van der Waals surface area contributed by atoms with Gasteiger partial charge in [0, 0.05) is 52.0 Å². The van der Waals surface area contributed by atoms with Crippen LogP contribution in [0.25, 0.3) is 0 Å². The summed E-state index contributed by atoms with van der Waals surface area (Å²) in [5.74, 6) is 1.38. The summed E-state index contributed by atoms with van der Waals surface area (Å²) in [5.41, 5.74) is 0. The molecule has 0 aromatic rings. The van der Waals surface area contributed by atoms with Crippen LogP contribution >= 0.6 is 11.8 Å². The maximum absolute atomic E-state index is 10.9. The number of carbonyl (C=O) groups is 4. The van der Waals surface area contributed by atoms with Crippen LogP contribution in [0.3, 0.4) is 0 Å². The lowest BCUT2D eigenvalue weighted by molar-refractivity contribution is -0.223. The SMILES string of the molecule is CCC(=O)OCCOC(C)(C)OCCOC(C)=O.CCCN1CCC(CCCC2CCN(C)CC2)CC1.CCCOC(C)(C)OCCNC.CNC(=O)OCCSCCOC(C)=O. The van der Waals surface area contributed by atoms with Crippen LogP contribution in [-0.2, 0) is 52.3 Å². The normalized spacial score (nSPS) is 15.0. The van der Waals surface area contributed by atoms with Crippen molar-refractivity contribution in [2.75, 3.05) is 125 Å². The van der Waals surface area contributed by atoms with Crippen LogP contribution in [0.15, 0.2) is 0 Å². The molecule has 17 heteroatoms. The summed E-state index contributed by atoms with van der Waals surface area (Å²) in [7, 11) is 5.68. The summed E-state index contributed by atoms with van der Waals surface area (Å²) in [6.07, 6.45) is 12.6. The second-order valence-electron chi connectivity index (χ2n) is 16.5. The fourth-order valence-electron chi connectivity index (χ4n) is 6.32. The lowest BCUT2D eigenvalue weighted by atomic mass is 9.87. The number of hydrogen-bond acceptors (Lipinski definition) is 16. The zero-order valence-corrected chi connectivity index (χ0v) is 42.6. The molecule has 1 amide bonds. The molecular formula is C46H92N4O12S. The maximum atomic E-state index is 10.9. The Kier molecular flexibility index (Phi) is 41.1. The smallest absolute Gasteiger partial charge is 0.406 e. The molecule has 2 N–H and O–H groups in total. The molecule has 0 aliphatic carbocycles. The van der Waals surface area contributed by atoms with E-state index in [0.717, 1.165) is 37.2 Å². The van der Waals surface area contributed by atoms with Crippen LogP contribution < -0.4 is 10.6 Å². The number of piperidine rings is 2. The van der Waals surface area contributed by atoms with Gasteiger partial charge in [-0.1, -0.05) is 40.0 Å². The van der Waals surface area contributed by atoms with E-state index in [2.05, 4.69) is 41.3 Å². The molecule has 0 radical (unpaired) electrons. The predicted octanol–water partition coefficient (Wildman–Crippen LogP) is 6.92. The number of likely N-dealkylation sites (tertiary alicyclic amines) is 2. The first-order valence-corrected chi connectivity index (χ1v) is 24.5. The second-order valence-corrected chi connectivity index (χ2v) is 17.7. The quantitative estimate of drug-likeness (QED) is 0.0358. The molecule has 374 valence electrons. The van der Waals surface area contributed by atoms with Gasteiger partial charge in [-0.3, -0.25) is 14.4 Å². The molecule has 2 aliphatic heterocycles. The fourth-order valence-corrected chi connectivity index (χ4v) is 6.93. The van der Waals surface area contributed by atoms with Crippen molar-refractivity contribution in [3.63, 3.8) is 0 Å². The maximum Gasteiger partial charge on any atom is 0.406 e. The number of rotatable bonds is 28. The lowest BCUT2D eigenvalue weighted by Crippen LogP contribution is -2.34. The van der Waals surface area contributed by atoms with Crippen molar-refractivity contribution in [2.24, 2.45) is 11.8 Å². The highest BCUT2D eigenvalue weighted by molar-refractivity contribution is 7.99. The number of ether oxygens (including phenoxy) is 8. The number of hydrogen-bond donors (Lipinski definition) is 2. The molecule has 0 atom stereocenters. The summed E-state index contributed by atoms with van der Waals surface area (Å²) in [6, 6.07) is 0. The topological polar surface area (TPSA) is 173 Å². The van der Waals surface area contributed by atoms with Gasteiger partial charge in [0.1, 0.15) is 26.4 Å². The molecule has 0 aromatic heterocycles. The molecule has 0 spiro atoms. The Bertz CT molecular complexity index is 1120. The van der Waals surface area contributed by atoms with Crippen molar-refractivity contribution in [2.45, 2.75) is 138 Å². The zero-order valence-electron chi connectivity index (χ0n) is 41.7. The van der Waals surface area contributed by atoms with E-state index in [1.54, 1.807) is 32.5 Å². The van der Waals surface area contributed by atoms with Crippen molar-refractivity contribution in [1.29, 1.82) is 0 Å². The largest absolute Gasteiger partial charge is 0.465 e. The number of nitrogens with one attached hydrogen (secondary N) is 2. The van der Waals surface area contributed by atoms with Gasteiger partial charge >= 0.3 is 24.0 Å². The molecule has 0 saturated carbocycles. The molecule has 16 nitrogen and oxygen atoms in total. The summed E-state index contributed by atoms with van der Waals surface area (Å²) >= 11 is 1.57. The Balaban J connectivity index is 0. The molecule has 0 aromatic carbocycles. The Morgan fingerprint density at radius 2 is 1.10 bits per heavy atom. The molecule has 2 aliphatic rings. The standard InChI is InChI=1S/C17H34N2.C12H22O6.C9H21NO2.C8H15NO4S/c1-3-11-19-14-9-17(10-15-19)6-4-5-16-7-12-18(2)13-8-16;1-5-11(14)16-7-9-18-12(3,4)17-8-6-15-10(2)13;1-5-7-11-9(2,3)12-8-6-10-4;1-7(10)12-3-5-14-6-4-13-8(11)9-2/h16-17H,3-15H2,1-2H3;5-9H2,1-4H3;10H,5-8H2,1-4H3;3-6H2,1-2H3,(H,9,11). The molecule has 0 unspecified atom stereocenters. The first kappa shape index (κ1) is 62.8. The van der Waals surface area contributed by atoms with Crippen molar-refractivity contribution >= 4 is 35.8 Å². The van der Waals surface area contributed by atoms with E-state index in [-0.39, 0.29) is 44.3 Å². The molecule has 0 bridgehead atoms. The Hall–Kier alpha value is -2.25. The number of likely N-dealkylation sites (N-methyl/N-ethyl adjacent to an activating group) is 1. The van der Waals surface area contributed by atoms with Crippen molar-refractivity contribution in [3.05, 3.63) is 0 Å². The third kappa shape index (κ3) is 43.4. The molecule has 2 fully saturated rings. The Morgan fingerprint density at radius 1 is 0.619 bits per heavy atom. The van der Waals surface area contributed by atoms with E-state index >= 15 is 0 Å². The van der Waals surface area contributed by atoms with E-state index in [1.165, 1.54) is 105 Å². The average molecular weight is 925 g/mol. The summed E-state index contributed by atoms with van der Waals surface area (Å²) in [6.45, 7) is 26.9. The lowest BCUT2D eigenvalue weighted by Gasteiger charge is -2.32. The highest BCUT2D eigenvalue weighted by Gasteiger charge is 2.21. The van der Waals surface area contributed by atoms with Crippen LogP contribution in [0, 0.1) is 11.8 Å². The number of alkyl carbamates (subject to hydrolysis) is 1. The molecular weight excluding hydrogens is 833 g/mol. The van der Waals surface area contributed by atoms with E-state index in [1.807, 2.05) is 20.9 Å². The van der Waals surface area contributed by atoms with Gasteiger partial charge in [0.25, 0.3) is 0 Å². The molecule has 2 heterocycles. The number of thioether (sulfide) groups is 1. The zero-order chi connectivity index (χ0) is 47.8. The van der Waals surface area contributed by atoms with Gasteiger partial charge in [-0.25, -0.2) is 4.79 Å². The third-order valence-electron chi connectivity index (χ3n) is 9.89. The predicted molar refractivity (Wildman–Crippen MR) is 252 cm³/mol. The minimum Gasteiger partial charge on any atom is -0.465 e. The highest BCUT2D eigenvalue weighted by atomic mass is 32.2. The number of amides is 1. The van der Waals surface area contributed by atoms with Gasteiger partial charge < -0.3 is 58.3 Å². The van der Waals surface area contributed by atoms with Crippen molar-refractivity contribution in [1.82, 2.24) is 20.4 Å². The van der Waals surface area contributed by atoms with E-state index in [4.69, 9.17) is 37.9 Å². The van der Waals surface area contributed by atoms with Gasteiger partial charge in [-0.15, -0.1) is 0 Å². The van der Waals surface area contributed by atoms with E-state index in [0.29, 0.717) is 32.0 Å². The van der Waals surface area contributed by atoms with Crippen molar-refractivity contribution < 1.29 is 57.1 Å². The van der Waals surface area contributed by atoms with Crippen LogP contribution in [0.1, 0.15) is 127 Å². The molecule has 2 rings (SSSR count). The second kappa shape index (κ2) is 41.2. The van der Waals surface area contributed by atoms with Crippen LogP contribution in [0.4, 0.5) is 4.79 Å². The third-order valence-corrected chi connectivity index (χ3v) is 10.8. The van der Waals surface area contributed by atoms with Crippen LogP contribution in [-0.4, -0.2) is 170 Å². The van der Waals surface area contributed by atoms with Gasteiger partial charge in [0.15, 0.2) is 11.6 Å². The van der Waals surface area contributed by atoms with Gasteiger partial charge in [0.2, 0.25) is 0 Å². The first-order valence-electron chi connectivity index (χ1n) is 23.4. The van der Waals surface area contributed by atoms with Gasteiger partial charge in [-0.2, -0.15) is 11.8 Å². The highest BCUT2D eigenvalue weighted by Crippen LogP contribution is 2.27. The fraction of sp³-hybridized carbons (Fsp3) is 0.913. The summed E-state index contributed by atoms with van der Waals surface area (Å²) in [5, 5.41) is 5.36. The molecule has 2 saturated heterocycles. The van der Waals surface area contributed by atoms with Gasteiger partial charge in [0.05, 0.1) is 19.8 Å². The number of esters is 3. The summed E-state index contributed by atoms with van der Waals surface area (Å²) < 4.78 is 40.8. The average Bonchev–Trinajstić information content (AvgIpc) is 3.24. The van der Waals surface area contributed by atoms with E-state index < -0.39 is 17.7 Å². The number of nitrogens with zero attached hydrogens (tertiary/aromatic N) is 2.